The average Bonchev–Trinajstić information content (AvgIpc) is 1.95. The highest BCUT2D eigenvalue weighted by Gasteiger charge is 1.99. The van der Waals surface area contributed by atoms with Crippen LogP contribution in [0.25, 0.3) is 0 Å². The van der Waals surface area contributed by atoms with Crippen molar-refractivity contribution >= 4 is 0 Å². The van der Waals surface area contributed by atoms with Crippen molar-refractivity contribution < 1.29 is 4.39 Å². The van der Waals surface area contributed by atoms with Crippen molar-refractivity contribution in [2.24, 2.45) is 5.73 Å². The molecule has 0 heterocycles. The summed E-state index contributed by atoms with van der Waals surface area (Å²) >= 11 is 0. The lowest BCUT2D eigenvalue weighted by atomic mass is 10.1. The van der Waals surface area contributed by atoms with Gasteiger partial charge in [0.2, 0.25) is 0 Å². The second kappa shape index (κ2) is 2.80. The molecule has 2 heteroatoms. The molecule has 2 N–H and O–H groups in total. The highest BCUT2D eigenvalue weighted by atomic mass is 19.1. The van der Waals surface area contributed by atoms with Gasteiger partial charge in [0.15, 0.2) is 0 Å². The molecule has 1 nitrogen and oxygen atoms in total. The molecular formula is C8H9FN. The fraction of sp³-hybridized carbons (Fsp3) is 0.250. The second-order valence-corrected chi connectivity index (χ2v) is 2.13. The lowest BCUT2D eigenvalue weighted by molar-refractivity contribution is 0.615. The third-order valence-electron chi connectivity index (χ3n) is 1.50. The molecule has 1 rings (SSSR count). The molecule has 0 aliphatic rings. The van der Waals surface area contributed by atoms with Gasteiger partial charge in [-0.05, 0) is 30.2 Å². The van der Waals surface area contributed by atoms with Crippen molar-refractivity contribution in [1.82, 2.24) is 0 Å². The van der Waals surface area contributed by atoms with E-state index in [4.69, 9.17) is 5.73 Å². The first-order valence-corrected chi connectivity index (χ1v) is 3.11. The summed E-state index contributed by atoms with van der Waals surface area (Å²) in [5, 5.41) is 0. The van der Waals surface area contributed by atoms with Gasteiger partial charge in [0.05, 0.1) is 0 Å². The van der Waals surface area contributed by atoms with Crippen LogP contribution < -0.4 is 5.73 Å². The Morgan fingerprint density at radius 3 is 2.90 bits per heavy atom. The summed E-state index contributed by atoms with van der Waals surface area (Å²) in [6.07, 6.45) is 0. The van der Waals surface area contributed by atoms with Gasteiger partial charge < -0.3 is 5.73 Å². The summed E-state index contributed by atoms with van der Waals surface area (Å²) in [6, 6.07) is 5.79. The normalized spacial score (nSPS) is 9.90. The van der Waals surface area contributed by atoms with Crippen molar-refractivity contribution in [3.63, 3.8) is 0 Å². The first-order chi connectivity index (χ1) is 4.75. The average molecular weight is 138 g/mol. The van der Waals surface area contributed by atoms with Crippen LogP contribution >= 0.6 is 0 Å². The molecule has 53 valence electrons. The van der Waals surface area contributed by atoms with Crippen molar-refractivity contribution in [3.8, 4) is 0 Å². The maximum atomic E-state index is 12.7. The summed E-state index contributed by atoms with van der Waals surface area (Å²) in [5.74, 6) is -0.209. The molecule has 1 aromatic rings. The van der Waals surface area contributed by atoms with Gasteiger partial charge >= 0.3 is 0 Å². The van der Waals surface area contributed by atoms with Gasteiger partial charge in [-0.2, -0.15) is 0 Å². The summed E-state index contributed by atoms with van der Waals surface area (Å²) < 4.78 is 12.7. The third-order valence-corrected chi connectivity index (χ3v) is 1.50. The minimum absolute atomic E-state index is 0.209. The molecule has 0 aliphatic heterocycles. The zero-order chi connectivity index (χ0) is 7.56. The molecule has 0 fully saturated rings. The molecule has 1 radical (unpaired) electrons. The minimum Gasteiger partial charge on any atom is -0.326 e. The second-order valence-electron chi connectivity index (χ2n) is 2.13. The van der Waals surface area contributed by atoms with Crippen molar-refractivity contribution in [2.45, 2.75) is 13.5 Å². The molecule has 0 atom stereocenters. The molecule has 0 spiro atoms. The molecule has 0 bridgehead atoms. The van der Waals surface area contributed by atoms with E-state index in [9.17, 15) is 4.39 Å². The number of halogens is 1. The Hall–Kier alpha value is -0.890. The number of hydrogen-bond donors (Lipinski definition) is 1. The summed E-state index contributed by atoms with van der Waals surface area (Å²) in [5.41, 5.74) is 6.67. The monoisotopic (exact) mass is 138 g/mol. The van der Waals surface area contributed by atoms with Gasteiger partial charge in [0.1, 0.15) is 5.82 Å². The standard InChI is InChI=1S/C8H9FN/c1-6-7(5-10)3-2-4-8(6)9/h2,4H,5,10H2,1H3. The van der Waals surface area contributed by atoms with Crippen molar-refractivity contribution in [3.05, 3.63) is 35.1 Å². The van der Waals surface area contributed by atoms with Gasteiger partial charge in [-0.3, -0.25) is 0 Å². The van der Waals surface area contributed by atoms with Crippen LogP contribution in [-0.4, -0.2) is 0 Å². The number of benzene rings is 1. The predicted octanol–water partition coefficient (Wildman–Crippen LogP) is 1.39. The Morgan fingerprint density at radius 2 is 2.40 bits per heavy atom. The van der Waals surface area contributed by atoms with E-state index in [0.717, 1.165) is 5.56 Å². The number of hydrogen-bond acceptors (Lipinski definition) is 1. The lowest BCUT2D eigenvalue weighted by Crippen LogP contribution is -2.00. The topological polar surface area (TPSA) is 26.0 Å². The molecule has 1 aromatic carbocycles. The van der Waals surface area contributed by atoms with Crippen LogP contribution in [0.5, 0.6) is 0 Å². The fourth-order valence-electron chi connectivity index (χ4n) is 0.805. The van der Waals surface area contributed by atoms with Crippen LogP contribution in [0.1, 0.15) is 11.1 Å². The maximum absolute atomic E-state index is 12.7. The molecule has 0 amide bonds. The Labute approximate surface area is 59.7 Å². The minimum atomic E-state index is -0.209. The van der Waals surface area contributed by atoms with Crippen LogP contribution in [0.3, 0.4) is 0 Å². The molecule has 0 saturated heterocycles. The van der Waals surface area contributed by atoms with E-state index >= 15 is 0 Å². The van der Waals surface area contributed by atoms with Crippen molar-refractivity contribution in [1.29, 1.82) is 0 Å². The Bertz CT molecular complexity index is 233. The Morgan fingerprint density at radius 1 is 1.70 bits per heavy atom. The molecule has 0 unspecified atom stereocenters. The molecule has 0 aromatic heterocycles. The summed E-state index contributed by atoms with van der Waals surface area (Å²) in [7, 11) is 0. The highest BCUT2D eigenvalue weighted by molar-refractivity contribution is 5.25. The van der Waals surface area contributed by atoms with Gasteiger partial charge in [0, 0.05) is 6.54 Å². The zero-order valence-corrected chi connectivity index (χ0v) is 5.82. The Kier molecular flexibility index (Phi) is 2.02. The van der Waals surface area contributed by atoms with Crippen LogP contribution in [-0.2, 0) is 6.54 Å². The predicted molar refractivity (Wildman–Crippen MR) is 37.9 cm³/mol. The summed E-state index contributed by atoms with van der Waals surface area (Å²) in [6.45, 7) is 2.05. The van der Waals surface area contributed by atoms with E-state index in [1.807, 2.05) is 0 Å². The van der Waals surface area contributed by atoms with Crippen LogP contribution in [0.2, 0.25) is 0 Å². The van der Waals surface area contributed by atoms with Crippen LogP contribution in [0.15, 0.2) is 12.1 Å². The van der Waals surface area contributed by atoms with E-state index in [-0.39, 0.29) is 5.82 Å². The molecule has 0 saturated carbocycles. The van der Waals surface area contributed by atoms with E-state index in [1.54, 1.807) is 13.0 Å². The molecular weight excluding hydrogens is 129 g/mol. The van der Waals surface area contributed by atoms with Gasteiger partial charge in [-0.1, -0.05) is 6.07 Å². The molecule has 10 heavy (non-hydrogen) atoms. The van der Waals surface area contributed by atoms with Crippen LogP contribution in [0.4, 0.5) is 4.39 Å². The van der Waals surface area contributed by atoms with Gasteiger partial charge in [-0.15, -0.1) is 0 Å². The quantitative estimate of drug-likeness (QED) is 0.623. The van der Waals surface area contributed by atoms with Crippen molar-refractivity contribution in [2.75, 3.05) is 0 Å². The smallest absolute Gasteiger partial charge is 0.126 e. The third kappa shape index (κ3) is 1.16. The Balaban J connectivity index is 3.14. The number of nitrogens with two attached hydrogens (primary N) is 1. The van der Waals surface area contributed by atoms with Gasteiger partial charge in [-0.25, -0.2) is 4.39 Å². The zero-order valence-electron chi connectivity index (χ0n) is 5.82. The highest BCUT2D eigenvalue weighted by Crippen LogP contribution is 2.09. The van der Waals surface area contributed by atoms with E-state index < -0.39 is 0 Å². The SMILES string of the molecule is Cc1c(CN)[c]ccc1F. The van der Waals surface area contributed by atoms with E-state index in [0.29, 0.717) is 12.1 Å². The van der Waals surface area contributed by atoms with Gasteiger partial charge in [0.25, 0.3) is 0 Å². The largest absolute Gasteiger partial charge is 0.326 e. The summed E-state index contributed by atoms with van der Waals surface area (Å²) in [4.78, 5) is 0. The fourth-order valence-corrected chi connectivity index (χ4v) is 0.805. The van der Waals surface area contributed by atoms with E-state index in [1.165, 1.54) is 6.07 Å². The number of rotatable bonds is 1. The lowest BCUT2D eigenvalue weighted by Gasteiger charge is -2.00. The maximum Gasteiger partial charge on any atom is 0.126 e. The van der Waals surface area contributed by atoms with E-state index in [2.05, 4.69) is 6.07 Å². The van der Waals surface area contributed by atoms with Crippen LogP contribution in [0, 0.1) is 18.8 Å². The first kappa shape index (κ1) is 7.22. The first-order valence-electron chi connectivity index (χ1n) is 3.11. The molecule has 0 aliphatic carbocycles.